The Morgan fingerprint density at radius 2 is 0.906 bits per heavy atom. The summed E-state index contributed by atoms with van der Waals surface area (Å²) in [4.78, 5) is 23.0. The first kappa shape index (κ1) is 61.9. The number of quaternary nitrogens is 1. The van der Waals surface area contributed by atoms with Crippen LogP contribution in [0.1, 0.15) is 213 Å². The third-order valence-electron chi connectivity index (χ3n) is 11.0. The van der Waals surface area contributed by atoms with E-state index >= 15 is 0 Å². The third-order valence-corrected chi connectivity index (χ3v) is 12.0. The molecule has 0 radical (unpaired) electrons. The lowest BCUT2D eigenvalue weighted by Gasteiger charge is -2.24. The Morgan fingerprint density at radius 1 is 0.500 bits per heavy atom. The van der Waals surface area contributed by atoms with Gasteiger partial charge in [0.1, 0.15) is 19.3 Å². The van der Waals surface area contributed by atoms with Crippen molar-refractivity contribution in [2.45, 2.75) is 219 Å². The second-order valence-corrected chi connectivity index (χ2v) is 20.0. The van der Waals surface area contributed by atoms with Crippen LogP contribution < -0.4 is 0 Å². The molecule has 2 atom stereocenters. The molecule has 0 rings (SSSR count). The largest absolute Gasteiger partial charge is 0.472 e. The Kier molecular flexibility index (Phi) is 45.9. The Hall–Kier alpha value is -2.06. The lowest BCUT2D eigenvalue weighted by atomic mass is 10.0. The smallest absolute Gasteiger partial charge is 0.457 e. The van der Waals surface area contributed by atoms with Crippen molar-refractivity contribution in [3.63, 3.8) is 0 Å². The number of unbranched alkanes of at least 4 members (excludes halogenated alkanes) is 22. The minimum Gasteiger partial charge on any atom is -0.457 e. The van der Waals surface area contributed by atoms with E-state index < -0.39 is 13.9 Å². The monoisotopic (exact) mass is 919 g/mol. The zero-order valence-corrected chi connectivity index (χ0v) is 43.1. The Balaban J connectivity index is 4.19. The van der Waals surface area contributed by atoms with E-state index in [-0.39, 0.29) is 25.8 Å². The number of rotatable bonds is 48. The van der Waals surface area contributed by atoms with E-state index in [1.807, 2.05) is 21.1 Å². The van der Waals surface area contributed by atoms with Crippen molar-refractivity contribution < 1.29 is 37.3 Å². The van der Waals surface area contributed by atoms with Crippen molar-refractivity contribution >= 4 is 13.8 Å². The highest BCUT2D eigenvalue weighted by molar-refractivity contribution is 7.47. The van der Waals surface area contributed by atoms with Gasteiger partial charge in [0.2, 0.25) is 0 Å². The standard InChI is InChI=1S/C55H100NO7P/c1-6-8-10-12-14-16-18-20-22-24-26-27-28-29-30-31-33-35-37-39-41-43-45-47-50-60-52-54(53-62-64(58,59)61-51-49-56(3,4)5)63-55(57)48-46-44-42-40-38-36-34-32-25-23-21-19-17-15-13-11-9-7-2/h8,10,14,16,20,22,26-27,29-30,33,35,54H,6-7,9,11-13,15,17-19,21,23-25,28,31-32,34,36-53H2,1-5H3/p+1/b10-8-,16-14-,22-20-,27-26-,30-29-,35-33-. The van der Waals surface area contributed by atoms with Crippen molar-refractivity contribution in [3.05, 3.63) is 72.9 Å². The number of carbonyl (C=O) groups is 1. The van der Waals surface area contributed by atoms with Crippen LogP contribution in [0.2, 0.25) is 0 Å². The molecular formula is C55H101NO7P+. The molecule has 0 aromatic heterocycles. The molecule has 1 N–H and O–H groups in total. The zero-order chi connectivity index (χ0) is 46.9. The number of phosphoric ester groups is 1. The molecule has 0 saturated heterocycles. The maximum Gasteiger partial charge on any atom is 0.472 e. The van der Waals surface area contributed by atoms with Gasteiger partial charge in [-0.25, -0.2) is 4.57 Å². The summed E-state index contributed by atoms with van der Waals surface area (Å²) in [6.45, 7) is 5.48. The van der Waals surface area contributed by atoms with Gasteiger partial charge in [-0.05, 0) is 64.2 Å². The van der Waals surface area contributed by atoms with Crippen LogP contribution >= 0.6 is 7.82 Å². The van der Waals surface area contributed by atoms with Gasteiger partial charge in [0.15, 0.2) is 0 Å². The highest BCUT2D eigenvalue weighted by atomic mass is 31.2. The van der Waals surface area contributed by atoms with Gasteiger partial charge < -0.3 is 18.9 Å². The predicted molar refractivity (Wildman–Crippen MR) is 275 cm³/mol. The maximum absolute atomic E-state index is 12.8. The molecule has 0 spiro atoms. The number of carbonyl (C=O) groups excluding carboxylic acids is 1. The van der Waals surface area contributed by atoms with E-state index in [0.717, 1.165) is 83.5 Å². The number of likely N-dealkylation sites (N-methyl/N-ethyl adjacent to an activating group) is 1. The maximum atomic E-state index is 12.8. The lowest BCUT2D eigenvalue weighted by molar-refractivity contribution is -0.870. The molecule has 0 fully saturated rings. The van der Waals surface area contributed by atoms with E-state index in [1.165, 1.54) is 109 Å². The average Bonchev–Trinajstić information content (AvgIpc) is 3.25. The molecule has 2 unspecified atom stereocenters. The Labute approximate surface area is 395 Å². The topological polar surface area (TPSA) is 91.3 Å². The number of phosphoric acid groups is 1. The highest BCUT2D eigenvalue weighted by Gasteiger charge is 2.26. The van der Waals surface area contributed by atoms with Gasteiger partial charge in [-0.1, -0.05) is 215 Å². The molecule has 0 amide bonds. The summed E-state index contributed by atoms with van der Waals surface area (Å²) in [5.41, 5.74) is 0. The first-order chi connectivity index (χ1) is 31.1. The van der Waals surface area contributed by atoms with E-state index in [1.54, 1.807) is 0 Å². The molecule has 0 heterocycles. The second kappa shape index (κ2) is 47.4. The fraction of sp³-hybridized carbons (Fsp3) is 0.764. The normalized spacial score (nSPS) is 14.2. The Bertz CT molecular complexity index is 1250. The van der Waals surface area contributed by atoms with Crippen LogP contribution in [0.15, 0.2) is 72.9 Å². The molecule has 0 aromatic rings. The summed E-state index contributed by atoms with van der Waals surface area (Å²) in [5, 5.41) is 0. The zero-order valence-electron chi connectivity index (χ0n) is 42.3. The summed E-state index contributed by atoms with van der Waals surface area (Å²) < 4.78 is 35.2. The molecule has 9 heteroatoms. The molecule has 372 valence electrons. The lowest BCUT2D eigenvalue weighted by Crippen LogP contribution is -2.37. The van der Waals surface area contributed by atoms with Gasteiger partial charge in [0.05, 0.1) is 34.4 Å². The van der Waals surface area contributed by atoms with E-state index in [2.05, 4.69) is 86.8 Å². The molecule has 0 aliphatic carbocycles. The summed E-state index contributed by atoms with van der Waals surface area (Å²) in [5.74, 6) is -0.320. The van der Waals surface area contributed by atoms with Crippen LogP contribution in [-0.2, 0) is 27.9 Å². The van der Waals surface area contributed by atoms with Gasteiger partial charge in [0.25, 0.3) is 0 Å². The summed E-state index contributed by atoms with van der Waals surface area (Å²) in [6, 6.07) is 0. The van der Waals surface area contributed by atoms with E-state index in [4.69, 9.17) is 18.5 Å². The summed E-state index contributed by atoms with van der Waals surface area (Å²) in [6.07, 6.45) is 62.3. The molecule has 0 saturated carbocycles. The van der Waals surface area contributed by atoms with Gasteiger partial charge >= 0.3 is 13.8 Å². The van der Waals surface area contributed by atoms with Gasteiger partial charge in [-0.3, -0.25) is 13.8 Å². The molecule has 0 aliphatic heterocycles. The van der Waals surface area contributed by atoms with Crippen molar-refractivity contribution in [2.75, 3.05) is 54.1 Å². The van der Waals surface area contributed by atoms with Crippen molar-refractivity contribution in [1.82, 2.24) is 0 Å². The van der Waals surface area contributed by atoms with E-state index in [9.17, 15) is 14.3 Å². The van der Waals surface area contributed by atoms with Crippen molar-refractivity contribution in [1.29, 1.82) is 0 Å². The molecule has 64 heavy (non-hydrogen) atoms. The average molecular weight is 919 g/mol. The first-order valence-electron chi connectivity index (χ1n) is 26.2. The summed E-state index contributed by atoms with van der Waals surface area (Å²) in [7, 11) is 1.65. The van der Waals surface area contributed by atoms with Crippen LogP contribution in [-0.4, -0.2) is 75.6 Å². The third kappa shape index (κ3) is 50.9. The molecule has 0 bridgehead atoms. The number of allylic oxidation sites excluding steroid dienone is 12. The van der Waals surface area contributed by atoms with Crippen LogP contribution in [0, 0.1) is 0 Å². The number of hydrogen-bond acceptors (Lipinski definition) is 6. The Morgan fingerprint density at radius 3 is 1.36 bits per heavy atom. The predicted octanol–water partition coefficient (Wildman–Crippen LogP) is 16.2. The number of esters is 1. The molecule has 0 aromatic carbocycles. The fourth-order valence-electron chi connectivity index (χ4n) is 7.03. The molecule has 8 nitrogen and oxygen atoms in total. The number of hydrogen-bond donors (Lipinski definition) is 1. The minimum absolute atomic E-state index is 0.0823. The van der Waals surface area contributed by atoms with Crippen LogP contribution in [0.3, 0.4) is 0 Å². The number of ether oxygens (including phenoxy) is 2. The van der Waals surface area contributed by atoms with Gasteiger partial charge in [-0.15, -0.1) is 0 Å². The fourth-order valence-corrected chi connectivity index (χ4v) is 7.77. The summed E-state index contributed by atoms with van der Waals surface area (Å²) >= 11 is 0. The van der Waals surface area contributed by atoms with Crippen LogP contribution in [0.4, 0.5) is 0 Å². The number of nitrogens with zero attached hydrogens (tertiary/aromatic N) is 1. The first-order valence-corrected chi connectivity index (χ1v) is 27.7. The molecular weight excluding hydrogens is 818 g/mol. The SMILES string of the molecule is CC/C=C\C/C=C\C/C=C\C/C=C\C/C=C\C/C=C\CCCCCCCOCC(COP(=O)(O)OCC[N+](C)(C)C)OC(=O)CCCCCCCCCCCCCCCCCCCC. The van der Waals surface area contributed by atoms with Gasteiger partial charge in [-0.2, -0.15) is 0 Å². The van der Waals surface area contributed by atoms with Crippen molar-refractivity contribution in [3.8, 4) is 0 Å². The van der Waals surface area contributed by atoms with Crippen LogP contribution in [0.25, 0.3) is 0 Å². The quantitative estimate of drug-likeness (QED) is 0.0214. The second-order valence-electron chi connectivity index (χ2n) is 18.5. The minimum atomic E-state index is -4.29. The van der Waals surface area contributed by atoms with Crippen molar-refractivity contribution in [2.24, 2.45) is 0 Å². The van der Waals surface area contributed by atoms with E-state index in [0.29, 0.717) is 24.1 Å². The van der Waals surface area contributed by atoms with Gasteiger partial charge in [0, 0.05) is 13.0 Å². The molecule has 0 aliphatic rings. The highest BCUT2D eigenvalue weighted by Crippen LogP contribution is 2.43. The van der Waals surface area contributed by atoms with Crippen LogP contribution in [0.5, 0.6) is 0 Å².